The van der Waals surface area contributed by atoms with E-state index in [2.05, 4.69) is 10.4 Å². The van der Waals surface area contributed by atoms with E-state index in [1.807, 2.05) is 0 Å². The SMILES string of the molecule is O=C(Cn1nc(C(F)F)cc1C1CC1)Nc1ccccc1C(F)(F)F. The van der Waals surface area contributed by atoms with Gasteiger partial charge in [-0.05, 0) is 31.0 Å². The predicted molar refractivity (Wildman–Crippen MR) is 79.2 cm³/mol. The first-order valence-corrected chi connectivity index (χ1v) is 7.57. The van der Waals surface area contributed by atoms with E-state index in [0.29, 0.717) is 5.69 Å². The number of hydrogen-bond donors (Lipinski definition) is 1. The van der Waals surface area contributed by atoms with Gasteiger partial charge in [-0.2, -0.15) is 18.3 Å². The Morgan fingerprint density at radius 1 is 1.28 bits per heavy atom. The lowest BCUT2D eigenvalue weighted by molar-refractivity contribution is -0.137. The highest BCUT2D eigenvalue weighted by Crippen LogP contribution is 2.41. The Hall–Kier alpha value is -2.45. The molecule has 4 nitrogen and oxygen atoms in total. The molecule has 0 saturated heterocycles. The number of alkyl halides is 5. The van der Waals surface area contributed by atoms with Crippen molar-refractivity contribution < 1.29 is 26.7 Å². The van der Waals surface area contributed by atoms with Crippen LogP contribution in [-0.4, -0.2) is 15.7 Å². The van der Waals surface area contributed by atoms with Crippen molar-refractivity contribution in [2.24, 2.45) is 0 Å². The summed E-state index contributed by atoms with van der Waals surface area (Å²) in [4.78, 5) is 12.1. The summed E-state index contributed by atoms with van der Waals surface area (Å²) in [7, 11) is 0. The standard InChI is InChI=1S/C16H14F5N3O/c17-15(18)12-7-13(9-5-6-9)24(23-12)8-14(25)22-11-4-2-1-3-10(11)16(19,20)21/h1-4,7,9,15H,5-6,8H2,(H,22,25). The summed E-state index contributed by atoms with van der Waals surface area (Å²) in [6.07, 6.45) is -5.76. The average Bonchev–Trinajstić information content (AvgIpc) is 3.27. The van der Waals surface area contributed by atoms with Crippen LogP contribution >= 0.6 is 0 Å². The molecule has 1 N–H and O–H groups in total. The molecule has 0 bridgehead atoms. The first kappa shape index (κ1) is 17.4. The normalized spacial score (nSPS) is 14.8. The number of nitrogens with one attached hydrogen (secondary N) is 1. The lowest BCUT2D eigenvalue weighted by Crippen LogP contribution is -2.22. The van der Waals surface area contributed by atoms with Crippen LogP contribution in [0.1, 0.15) is 42.1 Å². The van der Waals surface area contributed by atoms with Gasteiger partial charge in [0.25, 0.3) is 6.43 Å². The second kappa shape index (κ2) is 6.45. The van der Waals surface area contributed by atoms with Gasteiger partial charge in [-0.25, -0.2) is 8.78 Å². The van der Waals surface area contributed by atoms with Crippen molar-refractivity contribution in [1.82, 2.24) is 9.78 Å². The third-order valence-corrected chi connectivity index (χ3v) is 3.85. The molecule has 25 heavy (non-hydrogen) atoms. The van der Waals surface area contributed by atoms with E-state index in [4.69, 9.17) is 0 Å². The number of aromatic nitrogens is 2. The van der Waals surface area contributed by atoms with Crippen LogP contribution in [0, 0.1) is 0 Å². The van der Waals surface area contributed by atoms with Gasteiger partial charge >= 0.3 is 6.18 Å². The largest absolute Gasteiger partial charge is 0.418 e. The van der Waals surface area contributed by atoms with Gasteiger partial charge in [0.15, 0.2) is 0 Å². The molecular weight excluding hydrogens is 345 g/mol. The molecule has 0 spiro atoms. The number of rotatable bonds is 5. The summed E-state index contributed by atoms with van der Waals surface area (Å²) in [5.41, 5.74) is -1.28. The minimum atomic E-state index is -4.61. The molecule has 1 saturated carbocycles. The van der Waals surface area contributed by atoms with E-state index >= 15 is 0 Å². The molecule has 1 fully saturated rings. The summed E-state index contributed by atoms with van der Waals surface area (Å²) in [5, 5.41) is 5.89. The van der Waals surface area contributed by atoms with Crippen LogP contribution in [0.25, 0.3) is 0 Å². The van der Waals surface area contributed by atoms with E-state index in [1.165, 1.54) is 18.2 Å². The van der Waals surface area contributed by atoms with E-state index < -0.39 is 36.3 Å². The van der Waals surface area contributed by atoms with Crippen molar-refractivity contribution in [2.75, 3.05) is 5.32 Å². The van der Waals surface area contributed by atoms with Crippen molar-refractivity contribution >= 4 is 11.6 Å². The molecule has 1 aromatic carbocycles. The number of para-hydroxylation sites is 1. The van der Waals surface area contributed by atoms with Crippen molar-refractivity contribution in [1.29, 1.82) is 0 Å². The fraction of sp³-hybridized carbons (Fsp3) is 0.375. The number of halogens is 5. The Kier molecular flexibility index (Phi) is 4.49. The number of hydrogen-bond acceptors (Lipinski definition) is 2. The highest BCUT2D eigenvalue weighted by molar-refractivity contribution is 5.91. The van der Waals surface area contributed by atoms with Crippen LogP contribution in [0.15, 0.2) is 30.3 Å². The smallest absolute Gasteiger partial charge is 0.324 e. The maximum absolute atomic E-state index is 12.9. The van der Waals surface area contributed by atoms with Gasteiger partial charge in [0.05, 0.1) is 11.3 Å². The first-order valence-electron chi connectivity index (χ1n) is 7.57. The third-order valence-electron chi connectivity index (χ3n) is 3.85. The van der Waals surface area contributed by atoms with Gasteiger partial charge in [-0.3, -0.25) is 9.48 Å². The molecule has 1 aromatic heterocycles. The Morgan fingerprint density at radius 2 is 1.96 bits per heavy atom. The predicted octanol–water partition coefficient (Wildman–Crippen LogP) is 4.36. The van der Waals surface area contributed by atoms with Crippen molar-refractivity contribution in [3.05, 3.63) is 47.3 Å². The van der Waals surface area contributed by atoms with Gasteiger partial charge in [-0.15, -0.1) is 0 Å². The van der Waals surface area contributed by atoms with Crippen molar-refractivity contribution in [3.8, 4) is 0 Å². The highest BCUT2D eigenvalue weighted by Gasteiger charge is 2.34. The average molecular weight is 359 g/mol. The van der Waals surface area contributed by atoms with E-state index in [-0.39, 0.29) is 11.6 Å². The minimum Gasteiger partial charge on any atom is -0.324 e. The molecule has 1 amide bonds. The van der Waals surface area contributed by atoms with Crippen LogP contribution in [0.3, 0.4) is 0 Å². The zero-order valence-corrected chi connectivity index (χ0v) is 12.9. The lowest BCUT2D eigenvalue weighted by Gasteiger charge is -2.14. The molecule has 134 valence electrons. The number of amides is 1. The lowest BCUT2D eigenvalue weighted by atomic mass is 10.1. The summed E-state index contributed by atoms with van der Waals surface area (Å²) in [5.74, 6) is -0.697. The van der Waals surface area contributed by atoms with Crippen LogP contribution in [0.2, 0.25) is 0 Å². The Labute approximate surface area is 139 Å². The maximum atomic E-state index is 12.9. The van der Waals surface area contributed by atoms with E-state index in [1.54, 1.807) is 0 Å². The number of anilines is 1. The zero-order valence-electron chi connectivity index (χ0n) is 12.9. The van der Waals surface area contributed by atoms with Crippen molar-refractivity contribution in [3.63, 3.8) is 0 Å². The van der Waals surface area contributed by atoms with Crippen molar-refractivity contribution in [2.45, 2.75) is 37.9 Å². The molecular formula is C16H14F5N3O. The van der Waals surface area contributed by atoms with Crippen LogP contribution < -0.4 is 5.32 Å². The van der Waals surface area contributed by atoms with Gasteiger partial charge in [0.2, 0.25) is 5.91 Å². The number of carbonyl (C=O) groups is 1. The minimum absolute atomic E-state index is 0.0651. The summed E-state index contributed by atoms with van der Waals surface area (Å²) < 4.78 is 65.6. The molecule has 1 heterocycles. The topological polar surface area (TPSA) is 46.9 Å². The Balaban J connectivity index is 1.78. The summed E-state index contributed by atoms with van der Waals surface area (Å²) >= 11 is 0. The number of carbonyl (C=O) groups excluding carboxylic acids is 1. The summed E-state index contributed by atoms with van der Waals surface area (Å²) in [6, 6.07) is 5.82. The zero-order chi connectivity index (χ0) is 18.2. The molecule has 2 aromatic rings. The molecule has 1 aliphatic carbocycles. The van der Waals surface area contributed by atoms with E-state index in [9.17, 15) is 26.7 Å². The van der Waals surface area contributed by atoms with Gasteiger partial charge in [0.1, 0.15) is 12.2 Å². The quantitative estimate of drug-likeness (QED) is 0.807. The molecule has 1 aliphatic rings. The van der Waals surface area contributed by atoms with Gasteiger partial charge in [-0.1, -0.05) is 12.1 Å². The maximum Gasteiger partial charge on any atom is 0.418 e. The number of benzene rings is 1. The van der Waals surface area contributed by atoms with Crippen LogP contribution in [0.5, 0.6) is 0 Å². The van der Waals surface area contributed by atoms with Gasteiger partial charge in [0, 0.05) is 11.6 Å². The Bertz CT molecular complexity index is 780. The van der Waals surface area contributed by atoms with Crippen LogP contribution in [0.4, 0.5) is 27.6 Å². The molecule has 0 radical (unpaired) electrons. The molecule has 0 aliphatic heterocycles. The second-order valence-corrected chi connectivity index (χ2v) is 5.82. The summed E-state index contributed by atoms with van der Waals surface area (Å²) in [6.45, 7) is -0.426. The van der Waals surface area contributed by atoms with E-state index in [0.717, 1.165) is 29.7 Å². The Morgan fingerprint density at radius 3 is 2.56 bits per heavy atom. The fourth-order valence-corrected chi connectivity index (χ4v) is 2.56. The van der Waals surface area contributed by atoms with Gasteiger partial charge < -0.3 is 5.32 Å². The molecule has 9 heteroatoms. The number of nitrogens with zero attached hydrogens (tertiary/aromatic N) is 2. The molecule has 0 atom stereocenters. The fourth-order valence-electron chi connectivity index (χ4n) is 2.56. The monoisotopic (exact) mass is 359 g/mol. The molecule has 0 unspecified atom stereocenters. The van der Waals surface area contributed by atoms with Crippen LogP contribution in [-0.2, 0) is 17.5 Å². The second-order valence-electron chi connectivity index (χ2n) is 5.82. The third kappa shape index (κ3) is 3.97. The highest BCUT2D eigenvalue weighted by atomic mass is 19.4. The molecule has 3 rings (SSSR count). The first-order chi connectivity index (χ1) is 11.8.